The van der Waals surface area contributed by atoms with E-state index in [1.54, 1.807) is 7.11 Å². The van der Waals surface area contributed by atoms with E-state index in [0.29, 0.717) is 0 Å². The molecule has 84 valence electrons. The highest BCUT2D eigenvalue weighted by atomic mass is 32.1. The van der Waals surface area contributed by atoms with Crippen LogP contribution in [0.2, 0.25) is 0 Å². The fraction of sp³-hybridized carbons (Fsp3) is 0.250. The standard InChI is InChI=1S/C12H13NO2S/c1-7-4-9(5-8(2)11(7)15-3)10-6-16-12(14)13-10/h4-6H,1-3H3,(H,13,14). The van der Waals surface area contributed by atoms with E-state index < -0.39 is 0 Å². The Morgan fingerprint density at radius 1 is 1.25 bits per heavy atom. The normalized spacial score (nSPS) is 10.4. The van der Waals surface area contributed by atoms with Gasteiger partial charge in [0.2, 0.25) is 0 Å². The molecule has 1 aromatic carbocycles. The van der Waals surface area contributed by atoms with Crippen LogP contribution in [0.4, 0.5) is 0 Å². The summed E-state index contributed by atoms with van der Waals surface area (Å²) < 4.78 is 5.30. The first-order valence-electron chi connectivity index (χ1n) is 4.95. The molecule has 16 heavy (non-hydrogen) atoms. The molecule has 2 aromatic rings. The Balaban J connectivity index is 2.56. The van der Waals surface area contributed by atoms with Crippen molar-refractivity contribution >= 4 is 11.3 Å². The third-order valence-corrected chi connectivity index (χ3v) is 3.17. The van der Waals surface area contributed by atoms with Gasteiger partial charge in [0.15, 0.2) is 0 Å². The van der Waals surface area contributed by atoms with Gasteiger partial charge in [0, 0.05) is 5.38 Å². The molecule has 2 rings (SSSR count). The first kappa shape index (κ1) is 11.0. The van der Waals surface area contributed by atoms with Gasteiger partial charge in [-0.05, 0) is 42.7 Å². The molecule has 0 aliphatic carbocycles. The minimum Gasteiger partial charge on any atom is -0.496 e. The molecule has 0 amide bonds. The van der Waals surface area contributed by atoms with Crippen LogP contribution in [-0.4, -0.2) is 12.1 Å². The third kappa shape index (κ3) is 1.88. The lowest BCUT2D eigenvalue weighted by Crippen LogP contribution is -1.95. The maximum Gasteiger partial charge on any atom is 0.304 e. The van der Waals surface area contributed by atoms with E-state index >= 15 is 0 Å². The molecule has 1 heterocycles. The van der Waals surface area contributed by atoms with Gasteiger partial charge in [-0.1, -0.05) is 11.3 Å². The molecule has 0 saturated carbocycles. The number of rotatable bonds is 2. The average molecular weight is 235 g/mol. The molecule has 0 spiro atoms. The number of thiazole rings is 1. The first-order chi connectivity index (χ1) is 7.61. The number of H-pyrrole nitrogens is 1. The highest BCUT2D eigenvalue weighted by molar-refractivity contribution is 7.07. The van der Waals surface area contributed by atoms with Gasteiger partial charge in [-0.3, -0.25) is 4.79 Å². The van der Waals surface area contributed by atoms with Gasteiger partial charge in [-0.15, -0.1) is 0 Å². The summed E-state index contributed by atoms with van der Waals surface area (Å²) in [6, 6.07) is 4.04. The minimum absolute atomic E-state index is 0.0267. The number of benzene rings is 1. The van der Waals surface area contributed by atoms with Gasteiger partial charge in [0.1, 0.15) is 5.75 Å². The van der Waals surface area contributed by atoms with Crippen LogP contribution in [0.1, 0.15) is 11.1 Å². The van der Waals surface area contributed by atoms with Gasteiger partial charge in [-0.2, -0.15) is 0 Å². The zero-order valence-corrected chi connectivity index (χ0v) is 10.3. The van der Waals surface area contributed by atoms with Crippen molar-refractivity contribution in [2.75, 3.05) is 7.11 Å². The zero-order valence-electron chi connectivity index (χ0n) is 9.46. The van der Waals surface area contributed by atoms with Crippen LogP contribution in [0.15, 0.2) is 22.3 Å². The Hall–Kier alpha value is -1.55. The molecule has 3 nitrogen and oxygen atoms in total. The summed E-state index contributed by atoms with van der Waals surface area (Å²) in [5, 5.41) is 1.84. The summed E-state index contributed by atoms with van der Waals surface area (Å²) in [6.07, 6.45) is 0. The Labute approximate surface area is 97.7 Å². The van der Waals surface area contributed by atoms with Gasteiger partial charge < -0.3 is 9.72 Å². The molecular formula is C12H13NO2S. The molecule has 4 heteroatoms. The molecule has 1 N–H and O–H groups in total. The van der Waals surface area contributed by atoms with Crippen molar-refractivity contribution in [1.82, 2.24) is 4.98 Å². The Kier molecular flexibility index (Phi) is 2.83. The second-order valence-corrected chi connectivity index (χ2v) is 4.55. The fourth-order valence-electron chi connectivity index (χ4n) is 1.85. The number of methoxy groups -OCH3 is 1. The predicted molar refractivity (Wildman–Crippen MR) is 66.4 cm³/mol. The fourth-order valence-corrected chi connectivity index (χ4v) is 2.44. The number of hydrogen-bond acceptors (Lipinski definition) is 3. The second-order valence-electron chi connectivity index (χ2n) is 3.71. The van der Waals surface area contributed by atoms with E-state index in [0.717, 1.165) is 28.1 Å². The zero-order chi connectivity index (χ0) is 11.7. The molecule has 0 atom stereocenters. The maximum atomic E-state index is 11.1. The number of aromatic amines is 1. The summed E-state index contributed by atoms with van der Waals surface area (Å²) in [4.78, 5) is 13.9. The van der Waals surface area contributed by atoms with E-state index in [-0.39, 0.29) is 4.87 Å². The number of nitrogens with one attached hydrogen (secondary N) is 1. The van der Waals surface area contributed by atoms with Crippen LogP contribution in [0.25, 0.3) is 11.3 Å². The van der Waals surface area contributed by atoms with Crippen molar-refractivity contribution in [1.29, 1.82) is 0 Å². The maximum absolute atomic E-state index is 11.1. The SMILES string of the molecule is COc1c(C)cc(-c2csc(=O)[nH]2)cc1C. The first-order valence-corrected chi connectivity index (χ1v) is 5.83. The molecule has 0 bridgehead atoms. The lowest BCUT2D eigenvalue weighted by Gasteiger charge is -2.10. The molecular weight excluding hydrogens is 222 g/mol. The smallest absolute Gasteiger partial charge is 0.304 e. The molecule has 0 unspecified atom stereocenters. The van der Waals surface area contributed by atoms with Crippen molar-refractivity contribution < 1.29 is 4.74 Å². The van der Waals surface area contributed by atoms with Crippen molar-refractivity contribution in [3.05, 3.63) is 38.3 Å². The largest absolute Gasteiger partial charge is 0.496 e. The number of aryl methyl sites for hydroxylation is 2. The minimum atomic E-state index is -0.0267. The topological polar surface area (TPSA) is 42.1 Å². The van der Waals surface area contributed by atoms with Crippen molar-refractivity contribution in [2.24, 2.45) is 0 Å². The lowest BCUT2D eigenvalue weighted by atomic mass is 10.0. The van der Waals surface area contributed by atoms with Crippen LogP contribution in [0, 0.1) is 13.8 Å². The summed E-state index contributed by atoms with van der Waals surface area (Å²) in [5.41, 5.74) is 4.03. The van der Waals surface area contributed by atoms with E-state index in [1.807, 2.05) is 31.4 Å². The van der Waals surface area contributed by atoms with E-state index in [4.69, 9.17) is 4.74 Å². The van der Waals surface area contributed by atoms with E-state index in [1.165, 1.54) is 11.3 Å². The monoisotopic (exact) mass is 235 g/mol. The number of ether oxygens (including phenoxy) is 1. The van der Waals surface area contributed by atoms with Crippen LogP contribution >= 0.6 is 11.3 Å². The summed E-state index contributed by atoms with van der Waals surface area (Å²) in [6.45, 7) is 4.00. The summed E-state index contributed by atoms with van der Waals surface area (Å²) in [5.74, 6) is 0.904. The van der Waals surface area contributed by atoms with Crippen LogP contribution in [-0.2, 0) is 0 Å². The van der Waals surface area contributed by atoms with Crippen molar-refractivity contribution in [2.45, 2.75) is 13.8 Å². The van der Waals surface area contributed by atoms with Crippen LogP contribution in [0.5, 0.6) is 5.75 Å². The van der Waals surface area contributed by atoms with Crippen molar-refractivity contribution in [3.8, 4) is 17.0 Å². The Bertz CT molecular complexity index is 545. The molecule has 1 aromatic heterocycles. The van der Waals surface area contributed by atoms with Crippen molar-refractivity contribution in [3.63, 3.8) is 0 Å². The molecule has 0 saturated heterocycles. The summed E-state index contributed by atoms with van der Waals surface area (Å²) in [7, 11) is 1.67. The Morgan fingerprint density at radius 3 is 2.31 bits per heavy atom. The highest BCUT2D eigenvalue weighted by Gasteiger charge is 2.07. The van der Waals surface area contributed by atoms with Gasteiger partial charge in [0.25, 0.3) is 0 Å². The van der Waals surface area contributed by atoms with Gasteiger partial charge in [0.05, 0.1) is 12.8 Å². The van der Waals surface area contributed by atoms with Gasteiger partial charge >= 0.3 is 4.87 Å². The van der Waals surface area contributed by atoms with Crippen LogP contribution < -0.4 is 9.61 Å². The van der Waals surface area contributed by atoms with E-state index in [2.05, 4.69) is 4.98 Å². The molecule has 0 aliphatic heterocycles. The average Bonchev–Trinajstić information content (AvgIpc) is 2.64. The lowest BCUT2D eigenvalue weighted by molar-refractivity contribution is 0.408. The second kappa shape index (κ2) is 4.14. The third-order valence-electron chi connectivity index (χ3n) is 2.50. The van der Waals surface area contributed by atoms with E-state index in [9.17, 15) is 4.79 Å². The number of aromatic nitrogens is 1. The Morgan fingerprint density at radius 2 is 1.88 bits per heavy atom. The molecule has 0 fully saturated rings. The number of hydrogen-bond donors (Lipinski definition) is 1. The molecule has 0 radical (unpaired) electrons. The quantitative estimate of drug-likeness (QED) is 0.869. The molecule has 0 aliphatic rings. The summed E-state index contributed by atoms with van der Waals surface area (Å²) >= 11 is 1.18. The van der Waals surface area contributed by atoms with Gasteiger partial charge in [-0.25, -0.2) is 0 Å². The van der Waals surface area contributed by atoms with Crippen LogP contribution in [0.3, 0.4) is 0 Å². The predicted octanol–water partition coefficient (Wildman–Crippen LogP) is 2.73. The highest BCUT2D eigenvalue weighted by Crippen LogP contribution is 2.28.